The molecule has 98 valence electrons. The maximum absolute atomic E-state index is 9.24. The Morgan fingerprint density at radius 1 is 1.56 bits per heavy atom. The summed E-state index contributed by atoms with van der Waals surface area (Å²) in [5, 5.41) is 9.83. The van der Waals surface area contributed by atoms with Gasteiger partial charge in [0.25, 0.3) is 0 Å². The molecule has 0 aromatic heterocycles. The Labute approximate surface area is 118 Å². The number of hydrogen-bond donors (Lipinski definition) is 2. The molecule has 3 nitrogen and oxygen atoms in total. The first-order chi connectivity index (χ1) is 8.61. The standard InChI is InChI=1S/C13H17ClN2OS/c14-12-6-10(3-4-11(12)13(15)18)16-5-1-2-9(7-16)8-17/h3-4,6,9,17H,1-2,5,7-8H2,(H2,15,18). The number of nitrogens with two attached hydrogens (primary N) is 1. The summed E-state index contributed by atoms with van der Waals surface area (Å²) < 4.78 is 0. The van der Waals surface area contributed by atoms with E-state index >= 15 is 0 Å². The Morgan fingerprint density at radius 3 is 2.94 bits per heavy atom. The van der Waals surface area contributed by atoms with E-state index in [0.717, 1.165) is 31.6 Å². The van der Waals surface area contributed by atoms with Crippen LogP contribution in [0.25, 0.3) is 0 Å². The van der Waals surface area contributed by atoms with Gasteiger partial charge in [0.1, 0.15) is 4.99 Å². The Balaban J connectivity index is 2.18. The average Bonchev–Trinajstić information content (AvgIpc) is 2.38. The largest absolute Gasteiger partial charge is 0.396 e. The molecular formula is C13H17ClN2OS. The van der Waals surface area contributed by atoms with Crippen LogP contribution in [0.3, 0.4) is 0 Å². The van der Waals surface area contributed by atoms with E-state index in [0.29, 0.717) is 21.5 Å². The minimum atomic E-state index is 0.245. The van der Waals surface area contributed by atoms with Crippen molar-refractivity contribution in [2.45, 2.75) is 12.8 Å². The van der Waals surface area contributed by atoms with Crippen LogP contribution in [0, 0.1) is 5.92 Å². The SMILES string of the molecule is NC(=S)c1ccc(N2CCCC(CO)C2)cc1Cl. The Kier molecular flexibility index (Phi) is 4.43. The highest BCUT2D eigenvalue weighted by molar-refractivity contribution is 7.80. The number of thiocarbonyl (C=S) groups is 1. The van der Waals surface area contributed by atoms with Gasteiger partial charge in [-0.05, 0) is 37.0 Å². The fraction of sp³-hybridized carbons (Fsp3) is 0.462. The first-order valence-electron chi connectivity index (χ1n) is 6.07. The molecule has 3 N–H and O–H groups in total. The fourth-order valence-electron chi connectivity index (χ4n) is 2.35. The van der Waals surface area contributed by atoms with Crippen LogP contribution >= 0.6 is 23.8 Å². The van der Waals surface area contributed by atoms with Gasteiger partial charge in [-0.15, -0.1) is 0 Å². The van der Waals surface area contributed by atoms with Gasteiger partial charge < -0.3 is 15.7 Å². The summed E-state index contributed by atoms with van der Waals surface area (Å²) in [7, 11) is 0. The molecule has 1 aliphatic heterocycles. The lowest BCUT2D eigenvalue weighted by Gasteiger charge is -2.33. The number of anilines is 1. The smallest absolute Gasteiger partial charge is 0.105 e. The van der Waals surface area contributed by atoms with Crippen molar-refractivity contribution in [2.75, 3.05) is 24.6 Å². The van der Waals surface area contributed by atoms with Crippen LogP contribution < -0.4 is 10.6 Å². The van der Waals surface area contributed by atoms with Gasteiger partial charge in [0.15, 0.2) is 0 Å². The van der Waals surface area contributed by atoms with Crippen LogP contribution in [0.15, 0.2) is 18.2 Å². The van der Waals surface area contributed by atoms with Crippen molar-refractivity contribution in [3.63, 3.8) is 0 Å². The molecule has 0 radical (unpaired) electrons. The molecule has 1 aliphatic rings. The van der Waals surface area contributed by atoms with Gasteiger partial charge in [-0.1, -0.05) is 23.8 Å². The lowest BCUT2D eigenvalue weighted by Crippen LogP contribution is -2.36. The molecule has 18 heavy (non-hydrogen) atoms. The van der Waals surface area contributed by atoms with E-state index in [-0.39, 0.29) is 6.61 Å². The van der Waals surface area contributed by atoms with Crippen LogP contribution in [0.1, 0.15) is 18.4 Å². The zero-order chi connectivity index (χ0) is 13.1. The topological polar surface area (TPSA) is 49.5 Å². The lowest BCUT2D eigenvalue weighted by atomic mass is 9.98. The maximum atomic E-state index is 9.24. The number of nitrogens with zero attached hydrogens (tertiary/aromatic N) is 1. The molecule has 0 aliphatic carbocycles. The van der Waals surface area contributed by atoms with Gasteiger partial charge in [-0.2, -0.15) is 0 Å². The zero-order valence-electron chi connectivity index (χ0n) is 10.1. The second kappa shape index (κ2) is 5.87. The van der Waals surface area contributed by atoms with E-state index in [4.69, 9.17) is 29.6 Å². The monoisotopic (exact) mass is 284 g/mol. The second-order valence-corrected chi connectivity index (χ2v) is 5.51. The number of aliphatic hydroxyl groups excluding tert-OH is 1. The van der Waals surface area contributed by atoms with Crippen molar-refractivity contribution in [3.8, 4) is 0 Å². The molecule has 0 saturated carbocycles. The van der Waals surface area contributed by atoms with E-state index in [9.17, 15) is 5.11 Å². The van der Waals surface area contributed by atoms with E-state index in [1.165, 1.54) is 0 Å². The molecule has 2 rings (SSSR count). The molecule has 1 atom stereocenters. The van der Waals surface area contributed by atoms with Gasteiger partial charge in [0.05, 0.1) is 5.02 Å². The Hall–Kier alpha value is -0.840. The molecule has 5 heteroatoms. The average molecular weight is 285 g/mol. The summed E-state index contributed by atoms with van der Waals surface area (Å²) in [5.41, 5.74) is 7.37. The number of rotatable bonds is 3. The molecule has 1 saturated heterocycles. The summed E-state index contributed by atoms with van der Waals surface area (Å²) in [5.74, 6) is 0.354. The third kappa shape index (κ3) is 2.94. The Morgan fingerprint density at radius 2 is 2.33 bits per heavy atom. The third-order valence-corrected chi connectivity index (χ3v) is 3.89. The van der Waals surface area contributed by atoms with E-state index in [2.05, 4.69) is 4.90 Å². The van der Waals surface area contributed by atoms with Crippen molar-refractivity contribution in [1.82, 2.24) is 0 Å². The van der Waals surface area contributed by atoms with E-state index in [1.54, 1.807) is 0 Å². The summed E-state index contributed by atoms with van der Waals surface area (Å²) >= 11 is 11.1. The second-order valence-electron chi connectivity index (χ2n) is 4.67. The molecule has 1 aromatic carbocycles. The first kappa shape index (κ1) is 13.6. The minimum Gasteiger partial charge on any atom is -0.396 e. The van der Waals surface area contributed by atoms with Crippen LogP contribution in [0.2, 0.25) is 5.02 Å². The Bertz CT molecular complexity index is 453. The number of benzene rings is 1. The molecule has 1 aromatic rings. The lowest BCUT2D eigenvalue weighted by molar-refractivity contribution is 0.209. The summed E-state index contributed by atoms with van der Waals surface area (Å²) in [6.45, 7) is 2.12. The van der Waals surface area contributed by atoms with Crippen molar-refractivity contribution in [1.29, 1.82) is 0 Å². The fourth-order valence-corrected chi connectivity index (χ4v) is 2.86. The predicted molar refractivity (Wildman–Crippen MR) is 79.4 cm³/mol. The normalized spacial score (nSPS) is 19.9. The third-order valence-electron chi connectivity index (χ3n) is 3.36. The summed E-state index contributed by atoms with van der Waals surface area (Å²) in [4.78, 5) is 2.57. The summed E-state index contributed by atoms with van der Waals surface area (Å²) in [6, 6.07) is 5.75. The quantitative estimate of drug-likeness (QED) is 0.836. The van der Waals surface area contributed by atoms with Gasteiger partial charge in [0, 0.05) is 30.9 Å². The van der Waals surface area contributed by atoms with Crippen molar-refractivity contribution in [2.24, 2.45) is 11.7 Å². The highest BCUT2D eigenvalue weighted by Crippen LogP contribution is 2.27. The predicted octanol–water partition coefficient (Wildman–Crippen LogP) is 2.18. The molecule has 1 unspecified atom stereocenters. The minimum absolute atomic E-state index is 0.245. The summed E-state index contributed by atoms with van der Waals surface area (Å²) in [6.07, 6.45) is 2.19. The van der Waals surface area contributed by atoms with Gasteiger partial charge in [0.2, 0.25) is 0 Å². The van der Waals surface area contributed by atoms with Crippen LogP contribution in [-0.2, 0) is 0 Å². The van der Waals surface area contributed by atoms with E-state index in [1.807, 2.05) is 18.2 Å². The number of halogens is 1. The molecule has 0 spiro atoms. The molecular weight excluding hydrogens is 268 g/mol. The van der Waals surface area contributed by atoms with Crippen LogP contribution in [-0.4, -0.2) is 29.8 Å². The highest BCUT2D eigenvalue weighted by atomic mass is 35.5. The van der Waals surface area contributed by atoms with Crippen molar-refractivity contribution < 1.29 is 5.11 Å². The highest BCUT2D eigenvalue weighted by Gasteiger charge is 2.20. The van der Waals surface area contributed by atoms with Gasteiger partial charge in [-0.25, -0.2) is 0 Å². The molecule has 0 bridgehead atoms. The number of piperidine rings is 1. The van der Waals surface area contributed by atoms with Gasteiger partial charge >= 0.3 is 0 Å². The van der Waals surface area contributed by atoms with Crippen molar-refractivity contribution in [3.05, 3.63) is 28.8 Å². The maximum Gasteiger partial charge on any atom is 0.105 e. The van der Waals surface area contributed by atoms with Gasteiger partial charge in [-0.3, -0.25) is 0 Å². The number of hydrogen-bond acceptors (Lipinski definition) is 3. The molecule has 0 amide bonds. The first-order valence-corrected chi connectivity index (χ1v) is 6.85. The van der Waals surface area contributed by atoms with E-state index < -0.39 is 0 Å². The molecule has 1 fully saturated rings. The number of aliphatic hydroxyl groups is 1. The molecule has 1 heterocycles. The van der Waals surface area contributed by atoms with Crippen LogP contribution in [0.5, 0.6) is 0 Å². The van der Waals surface area contributed by atoms with Crippen LogP contribution in [0.4, 0.5) is 5.69 Å². The zero-order valence-corrected chi connectivity index (χ0v) is 11.7. The van der Waals surface area contributed by atoms with Crippen molar-refractivity contribution >= 4 is 34.5 Å².